The molecule has 0 fully saturated rings. The molecule has 0 spiro atoms. The van der Waals surface area contributed by atoms with Crippen LogP contribution in [0.2, 0.25) is 0 Å². The van der Waals surface area contributed by atoms with Gasteiger partial charge in [-0.1, -0.05) is 25.1 Å². The van der Waals surface area contributed by atoms with E-state index in [1.165, 1.54) is 0 Å². The Morgan fingerprint density at radius 1 is 1.30 bits per heavy atom. The zero-order chi connectivity index (χ0) is 16.8. The predicted octanol–water partition coefficient (Wildman–Crippen LogP) is 3.01. The number of ether oxygens (including phenoxy) is 1. The molecule has 1 N–H and O–H groups in total. The summed E-state index contributed by atoms with van der Waals surface area (Å²) in [6.45, 7) is 6.38. The Morgan fingerprint density at radius 3 is 2.61 bits per heavy atom. The molecule has 23 heavy (non-hydrogen) atoms. The van der Waals surface area contributed by atoms with E-state index in [9.17, 15) is 4.79 Å². The van der Waals surface area contributed by atoms with Crippen LogP contribution in [0, 0.1) is 12.8 Å². The van der Waals surface area contributed by atoms with Crippen LogP contribution in [-0.4, -0.2) is 22.3 Å². The maximum Gasteiger partial charge on any atom is 0.223 e. The second-order valence-corrected chi connectivity index (χ2v) is 5.93. The van der Waals surface area contributed by atoms with Crippen LogP contribution >= 0.6 is 0 Å². The Kier molecular flexibility index (Phi) is 5.79. The summed E-state index contributed by atoms with van der Waals surface area (Å²) < 4.78 is 7.41. The highest BCUT2D eigenvalue weighted by Crippen LogP contribution is 2.17. The highest BCUT2D eigenvalue weighted by atomic mass is 16.5. The van der Waals surface area contributed by atoms with Crippen LogP contribution in [0.1, 0.15) is 37.6 Å². The third-order valence-corrected chi connectivity index (χ3v) is 3.89. The number of aryl methyl sites for hydroxylation is 2. The predicted molar refractivity (Wildman–Crippen MR) is 90.2 cm³/mol. The standard InChI is InChI=1S/C18H25N3O2/c1-13(10-11-23-16-8-6-5-7-9-16)18(22)19-14(2)17-12-21(4)20-15(17)3/h5-9,12-14H,10-11H2,1-4H3,(H,19,22)/t13-,14+/m1/s1. The number of benzene rings is 1. The number of para-hydroxylation sites is 1. The number of rotatable bonds is 7. The first-order valence-electron chi connectivity index (χ1n) is 7.95. The van der Waals surface area contributed by atoms with Crippen LogP contribution in [0.15, 0.2) is 36.5 Å². The van der Waals surface area contributed by atoms with Gasteiger partial charge in [-0.05, 0) is 32.4 Å². The van der Waals surface area contributed by atoms with Crippen molar-refractivity contribution in [1.82, 2.24) is 15.1 Å². The maximum absolute atomic E-state index is 12.3. The lowest BCUT2D eigenvalue weighted by molar-refractivity contribution is -0.125. The van der Waals surface area contributed by atoms with E-state index in [1.54, 1.807) is 4.68 Å². The van der Waals surface area contributed by atoms with E-state index >= 15 is 0 Å². The Bertz CT molecular complexity index is 637. The monoisotopic (exact) mass is 315 g/mol. The van der Waals surface area contributed by atoms with Gasteiger partial charge in [-0.15, -0.1) is 0 Å². The summed E-state index contributed by atoms with van der Waals surface area (Å²) in [6.07, 6.45) is 2.63. The molecule has 0 unspecified atom stereocenters. The van der Waals surface area contributed by atoms with Crippen LogP contribution in [0.25, 0.3) is 0 Å². The first-order valence-corrected chi connectivity index (χ1v) is 7.95. The summed E-state index contributed by atoms with van der Waals surface area (Å²) in [7, 11) is 1.88. The third-order valence-electron chi connectivity index (χ3n) is 3.89. The summed E-state index contributed by atoms with van der Waals surface area (Å²) in [4.78, 5) is 12.3. The van der Waals surface area contributed by atoms with Crippen molar-refractivity contribution >= 4 is 5.91 Å². The molecule has 0 saturated heterocycles. The van der Waals surface area contributed by atoms with Gasteiger partial charge in [0.1, 0.15) is 5.75 Å². The second-order valence-electron chi connectivity index (χ2n) is 5.93. The van der Waals surface area contributed by atoms with Gasteiger partial charge in [0.2, 0.25) is 5.91 Å². The zero-order valence-corrected chi connectivity index (χ0v) is 14.2. The average molecular weight is 315 g/mol. The van der Waals surface area contributed by atoms with E-state index in [0.29, 0.717) is 13.0 Å². The molecule has 0 saturated carbocycles. The number of hydrogen-bond acceptors (Lipinski definition) is 3. The normalized spacial score (nSPS) is 13.4. The molecule has 124 valence electrons. The molecular formula is C18H25N3O2. The van der Waals surface area contributed by atoms with Crippen molar-refractivity contribution in [3.63, 3.8) is 0 Å². The minimum Gasteiger partial charge on any atom is -0.494 e. The topological polar surface area (TPSA) is 56.2 Å². The van der Waals surface area contributed by atoms with Crippen molar-refractivity contribution in [2.45, 2.75) is 33.2 Å². The fourth-order valence-corrected chi connectivity index (χ4v) is 2.48. The van der Waals surface area contributed by atoms with Gasteiger partial charge in [0, 0.05) is 24.7 Å². The van der Waals surface area contributed by atoms with Gasteiger partial charge in [-0.3, -0.25) is 9.48 Å². The third kappa shape index (κ3) is 4.84. The summed E-state index contributed by atoms with van der Waals surface area (Å²) in [5, 5.41) is 7.36. The zero-order valence-electron chi connectivity index (χ0n) is 14.2. The minimum atomic E-state index is -0.0989. The number of aromatic nitrogens is 2. The van der Waals surface area contributed by atoms with Crippen LogP contribution in [0.5, 0.6) is 5.75 Å². The molecule has 1 aromatic heterocycles. The number of nitrogens with zero attached hydrogens (tertiary/aromatic N) is 2. The van der Waals surface area contributed by atoms with Gasteiger partial charge >= 0.3 is 0 Å². The van der Waals surface area contributed by atoms with Crippen molar-refractivity contribution in [2.24, 2.45) is 13.0 Å². The van der Waals surface area contributed by atoms with Gasteiger partial charge in [0.15, 0.2) is 0 Å². The molecule has 0 aliphatic carbocycles. The Hall–Kier alpha value is -2.30. The SMILES string of the molecule is Cc1nn(C)cc1[C@H](C)NC(=O)[C@H](C)CCOc1ccccc1. The fraction of sp³-hybridized carbons (Fsp3) is 0.444. The molecule has 1 aromatic carbocycles. The Balaban J connectivity index is 1.79. The van der Waals surface area contributed by atoms with Crippen LogP contribution in [0.3, 0.4) is 0 Å². The van der Waals surface area contributed by atoms with Gasteiger partial charge in [-0.25, -0.2) is 0 Å². The molecule has 2 rings (SSSR count). The highest BCUT2D eigenvalue weighted by molar-refractivity contribution is 5.78. The second kappa shape index (κ2) is 7.81. The molecule has 2 atom stereocenters. The van der Waals surface area contributed by atoms with Crippen molar-refractivity contribution in [3.05, 3.63) is 47.8 Å². The molecule has 0 aliphatic rings. The largest absolute Gasteiger partial charge is 0.494 e. The van der Waals surface area contributed by atoms with Crippen molar-refractivity contribution in [1.29, 1.82) is 0 Å². The van der Waals surface area contributed by atoms with E-state index in [2.05, 4.69) is 10.4 Å². The van der Waals surface area contributed by atoms with Gasteiger partial charge in [-0.2, -0.15) is 5.10 Å². The van der Waals surface area contributed by atoms with E-state index in [-0.39, 0.29) is 17.9 Å². The molecule has 2 aromatic rings. The molecular weight excluding hydrogens is 290 g/mol. The summed E-state index contributed by atoms with van der Waals surface area (Å²) in [5.41, 5.74) is 1.99. The number of carbonyl (C=O) groups excluding carboxylic acids is 1. The van der Waals surface area contributed by atoms with Gasteiger partial charge in [0.05, 0.1) is 18.3 Å². The molecule has 5 nitrogen and oxygen atoms in total. The van der Waals surface area contributed by atoms with E-state index in [4.69, 9.17) is 4.74 Å². The average Bonchev–Trinajstić information content (AvgIpc) is 2.87. The highest BCUT2D eigenvalue weighted by Gasteiger charge is 2.18. The van der Waals surface area contributed by atoms with E-state index in [1.807, 2.05) is 64.3 Å². The van der Waals surface area contributed by atoms with Gasteiger partial charge < -0.3 is 10.1 Å². The minimum absolute atomic E-state index is 0.0393. The molecule has 1 heterocycles. The van der Waals surface area contributed by atoms with Crippen molar-refractivity contribution in [3.8, 4) is 5.75 Å². The first kappa shape index (κ1) is 17.1. The number of hydrogen-bond donors (Lipinski definition) is 1. The number of carbonyl (C=O) groups is 1. The lowest BCUT2D eigenvalue weighted by Gasteiger charge is -2.17. The van der Waals surface area contributed by atoms with Crippen LogP contribution in [0.4, 0.5) is 0 Å². The molecule has 1 amide bonds. The van der Waals surface area contributed by atoms with Crippen molar-refractivity contribution in [2.75, 3.05) is 6.61 Å². The quantitative estimate of drug-likeness (QED) is 0.854. The molecule has 0 aliphatic heterocycles. The van der Waals surface area contributed by atoms with E-state index in [0.717, 1.165) is 17.0 Å². The van der Waals surface area contributed by atoms with Crippen molar-refractivity contribution < 1.29 is 9.53 Å². The number of nitrogens with one attached hydrogen (secondary N) is 1. The smallest absolute Gasteiger partial charge is 0.223 e. The summed E-state index contributed by atoms with van der Waals surface area (Å²) in [6, 6.07) is 9.60. The van der Waals surface area contributed by atoms with Crippen LogP contribution in [-0.2, 0) is 11.8 Å². The van der Waals surface area contributed by atoms with Crippen LogP contribution < -0.4 is 10.1 Å². The molecule has 5 heteroatoms. The number of amides is 1. The first-order chi connectivity index (χ1) is 11.0. The Labute approximate surface area is 137 Å². The molecule has 0 radical (unpaired) electrons. The molecule has 0 bridgehead atoms. The Morgan fingerprint density at radius 2 is 2.00 bits per heavy atom. The lowest BCUT2D eigenvalue weighted by Crippen LogP contribution is -2.32. The summed E-state index contributed by atoms with van der Waals surface area (Å²) >= 11 is 0. The fourth-order valence-electron chi connectivity index (χ4n) is 2.48. The lowest BCUT2D eigenvalue weighted by atomic mass is 10.1. The summed E-state index contributed by atoms with van der Waals surface area (Å²) in [5.74, 6) is 0.773. The van der Waals surface area contributed by atoms with E-state index < -0.39 is 0 Å². The maximum atomic E-state index is 12.3. The van der Waals surface area contributed by atoms with Gasteiger partial charge in [0.25, 0.3) is 0 Å².